The molecule has 106 valence electrons. The van der Waals surface area contributed by atoms with E-state index in [1.165, 1.54) is 12.5 Å². The Morgan fingerprint density at radius 2 is 2.30 bits per heavy atom. The number of ether oxygens (including phenoxy) is 1. The summed E-state index contributed by atoms with van der Waals surface area (Å²) in [5.41, 5.74) is 7.01. The highest BCUT2D eigenvalue weighted by Gasteiger charge is 2.17. The number of thiazole rings is 1. The number of aromatic nitrogens is 1. The van der Waals surface area contributed by atoms with Crippen molar-refractivity contribution in [1.29, 1.82) is 0 Å². The second-order valence-electron chi connectivity index (χ2n) is 3.96. The van der Waals surface area contributed by atoms with Crippen molar-refractivity contribution in [3.63, 3.8) is 0 Å². The topological polar surface area (TPSA) is 94.3 Å². The number of carbonyl (C=O) groups is 2. The highest BCUT2D eigenvalue weighted by molar-refractivity contribution is 7.14. The van der Waals surface area contributed by atoms with E-state index in [4.69, 9.17) is 5.73 Å². The summed E-state index contributed by atoms with van der Waals surface area (Å²) in [6.45, 7) is 0. The second kappa shape index (κ2) is 6.60. The Kier molecular flexibility index (Phi) is 4.83. The molecular weight excluding hydrogens is 298 g/mol. The van der Waals surface area contributed by atoms with Gasteiger partial charge in [-0.3, -0.25) is 4.79 Å². The fourth-order valence-electron chi connectivity index (χ4n) is 1.48. The van der Waals surface area contributed by atoms with Crippen molar-refractivity contribution in [2.24, 2.45) is 5.73 Å². The first-order chi connectivity index (χ1) is 9.60. The lowest BCUT2D eigenvalue weighted by Gasteiger charge is -2.09. The zero-order valence-corrected chi connectivity index (χ0v) is 12.3. The van der Waals surface area contributed by atoms with Gasteiger partial charge in [-0.1, -0.05) is 0 Å². The monoisotopic (exact) mass is 311 g/mol. The molecule has 0 saturated heterocycles. The second-order valence-corrected chi connectivity index (χ2v) is 5.60. The van der Waals surface area contributed by atoms with Crippen molar-refractivity contribution in [2.45, 2.75) is 12.5 Å². The molecule has 1 atom stereocenters. The minimum atomic E-state index is -0.657. The molecule has 2 heterocycles. The Bertz CT molecular complexity index is 595. The molecule has 8 heteroatoms. The van der Waals surface area contributed by atoms with Gasteiger partial charge in [-0.05, 0) is 28.8 Å². The van der Waals surface area contributed by atoms with E-state index >= 15 is 0 Å². The van der Waals surface area contributed by atoms with Gasteiger partial charge in [0, 0.05) is 5.38 Å². The number of nitrogens with zero attached hydrogens (tertiary/aromatic N) is 1. The Morgan fingerprint density at radius 1 is 1.50 bits per heavy atom. The van der Waals surface area contributed by atoms with E-state index in [2.05, 4.69) is 15.0 Å². The first-order valence-electron chi connectivity index (χ1n) is 5.71. The zero-order chi connectivity index (χ0) is 14.5. The molecule has 0 bridgehead atoms. The van der Waals surface area contributed by atoms with Crippen LogP contribution in [-0.4, -0.2) is 30.0 Å². The number of amides is 1. The van der Waals surface area contributed by atoms with Gasteiger partial charge < -0.3 is 15.8 Å². The van der Waals surface area contributed by atoms with E-state index in [0.717, 1.165) is 16.9 Å². The average Bonchev–Trinajstić information content (AvgIpc) is 3.09. The zero-order valence-electron chi connectivity index (χ0n) is 10.7. The first-order valence-corrected chi connectivity index (χ1v) is 7.53. The van der Waals surface area contributed by atoms with Crippen molar-refractivity contribution in [2.75, 3.05) is 12.4 Å². The normalized spacial score (nSPS) is 11.9. The Hall–Kier alpha value is -1.77. The van der Waals surface area contributed by atoms with Gasteiger partial charge in [-0.25, -0.2) is 9.78 Å². The summed E-state index contributed by atoms with van der Waals surface area (Å²) in [5.74, 6) is -0.869. The van der Waals surface area contributed by atoms with Gasteiger partial charge in [0.05, 0.1) is 13.2 Å². The lowest BCUT2D eigenvalue weighted by Crippen LogP contribution is -2.37. The summed E-state index contributed by atoms with van der Waals surface area (Å²) in [7, 11) is 1.27. The van der Waals surface area contributed by atoms with E-state index in [-0.39, 0.29) is 11.6 Å². The van der Waals surface area contributed by atoms with Crippen LogP contribution in [0, 0.1) is 0 Å². The maximum absolute atomic E-state index is 11.9. The van der Waals surface area contributed by atoms with Crippen LogP contribution in [0.2, 0.25) is 0 Å². The number of thiophene rings is 1. The lowest BCUT2D eigenvalue weighted by molar-refractivity contribution is -0.117. The van der Waals surface area contributed by atoms with Crippen molar-refractivity contribution < 1.29 is 14.3 Å². The van der Waals surface area contributed by atoms with Crippen LogP contribution in [0.15, 0.2) is 22.2 Å². The van der Waals surface area contributed by atoms with Gasteiger partial charge in [0.1, 0.15) is 0 Å². The summed E-state index contributed by atoms with van der Waals surface area (Å²) >= 11 is 2.71. The van der Waals surface area contributed by atoms with Crippen molar-refractivity contribution in [3.8, 4) is 0 Å². The summed E-state index contributed by atoms with van der Waals surface area (Å²) in [4.78, 5) is 27.1. The molecule has 3 N–H and O–H groups in total. The third-order valence-electron chi connectivity index (χ3n) is 2.50. The Morgan fingerprint density at radius 3 is 2.95 bits per heavy atom. The van der Waals surface area contributed by atoms with Gasteiger partial charge in [0.2, 0.25) is 5.91 Å². The number of rotatable bonds is 5. The number of anilines is 1. The standard InChI is InChI=1S/C12H13N3O3S2/c1-18-11(17)9-6-20-12(14-9)15-10(16)8(13)4-7-2-3-19-5-7/h2-3,5-6,8H,4,13H2,1H3,(H,14,15,16)/t8-/m0/s1. The molecular formula is C12H13N3O3S2. The predicted octanol–water partition coefficient (Wildman–Crippen LogP) is 1.50. The number of nitrogens with two attached hydrogens (primary N) is 1. The number of methoxy groups -OCH3 is 1. The predicted molar refractivity (Wildman–Crippen MR) is 78.1 cm³/mol. The van der Waals surface area contributed by atoms with Crippen LogP contribution in [0.4, 0.5) is 5.13 Å². The first kappa shape index (κ1) is 14.6. The maximum Gasteiger partial charge on any atom is 0.357 e. The minimum Gasteiger partial charge on any atom is -0.464 e. The van der Waals surface area contributed by atoms with E-state index in [1.807, 2.05) is 16.8 Å². The molecule has 2 rings (SSSR count). The molecule has 0 aliphatic rings. The molecule has 0 aliphatic heterocycles. The maximum atomic E-state index is 11.9. The van der Waals surface area contributed by atoms with E-state index < -0.39 is 12.0 Å². The molecule has 0 aromatic carbocycles. The number of carbonyl (C=O) groups excluding carboxylic acids is 2. The van der Waals surface area contributed by atoms with Crippen molar-refractivity contribution in [3.05, 3.63) is 33.5 Å². The van der Waals surface area contributed by atoms with Gasteiger partial charge in [-0.15, -0.1) is 11.3 Å². The van der Waals surface area contributed by atoms with Crippen LogP contribution in [0.5, 0.6) is 0 Å². The summed E-state index contributed by atoms with van der Waals surface area (Å²) < 4.78 is 4.54. The van der Waals surface area contributed by atoms with Crippen LogP contribution in [-0.2, 0) is 16.0 Å². The molecule has 0 radical (unpaired) electrons. The lowest BCUT2D eigenvalue weighted by atomic mass is 10.1. The summed E-state index contributed by atoms with van der Waals surface area (Å²) in [6, 6.07) is 1.27. The highest BCUT2D eigenvalue weighted by Crippen LogP contribution is 2.16. The number of hydrogen-bond donors (Lipinski definition) is 2. The molecule has 20 heavy (non-hydrogen) atoms. The van der Waals surface area contributed by atoms with Crippen molar-refractivity contribution >= 4 is 39.7 Å². The van der Waals surface area contributed by atoms with Crippen molar-refractivity contribution in [1.82, 2.24) is 4.98 Å². The SMILES string of the molecule is COC(=O)c1csc(NC(=O)[C@@H](N)Cc2ccsc2)n1. The number of hydrogen-bond acceptors (Lipinski definition) is 7. The van der Waals surface area contributed by atoms with Crippen LogP contribution in [0.1, 0.15) is 16.1 Å². The van der Waals surface area contributed by atoms with Crippen LogP contribution >= 0.6 is 22.7 Å². The summed E-state index contributed by atoms with van der Waals surface area (Å²) in [6.07, 6.45) is 0.463. The Labute approximate surface area is 123 Å². The van der Waals surface area contributed by atoms with Gasteiger partial charge in [0.15, 0.2) is 10.8 Å². The molecule has 2 aromatic heterocycles. The molecule has 0 fully saturated rings. The third kappa shape index (κ3) is 3.62. The molecule has 6 nitrogen and oxygen atoms in total. The minimum absolute atomic E-state index is 0.166. The quantitative estimate of drug-likeness (QED) is 0.816. The van der Waals surface area contributed by atoms with E-state index in [9.17, 15) is 9.59 Å². The third-order valence-corrected chi connectivity index (χ3v) is 3.99. The van der Waals surface area contributed by atoms with Crippen LogP contribution in [0.25, 0.3) is 0 Å². The van der Waals surface area contributed by atoms with E-state index in [1.54, 1.807) is 11.3 Å². The fraction of sp³-hybridized carbons (Fsp3) is 0.250. The largest absolute Gasteiger partial charge is 0.464 e. The Balaban J connectivity index is 1.93. The van der Waals surface area contributed by atoms with E-state index in [0.29, 0.717) is 11.6 Å². The van der Waals surface area contributed by atoms with Crippen LogP contribution < -0.4 is 11.1 Å². The highest BCUT2D eigenvalue weighted by atomic mass is 32.1. The molecule has 0 spiro atoms. The smallest absolute Gasteiger partial charge is 0.357 e. The number of esters is 1. The van der Waals surface area contributed by atoms with Gasteiger partial charge in [-0.2, -0.15) is 11.3 Å². The molecule has 2 aromatic rings. The molecule has 1 amide bonds. The van der Waals surface area contributed by atoms with Crippen LogP contribution in [0.3, 0.4) is 0 Å². The van der Waals surface area contributed by atoms with Gasteiger partial charge in [0.25, 0.3) is 0 Å². The molecule has 0 saturated carbocycles. The molecule has 0 unspecified atom stereocenters. The number of nitrogens with one attached hydrogen (secondary N) is 1. The molecule has 0 aliphatic carbocycles. The average molecular weight is 311 g/mol. The van der Waals surface area contributed by atoms with Gasteiger partial charge >= 0.3 is 5.97 Å². The summed E-state index contributed by atoms with van der Waals surface area (Å²) in [5, 5.41) is 8.33. The fourth-order valence-corrected chi connectivity index (χ4v) is 2.85.